The van der Waals surface area contributed by atoms with Crippen LogP contribution in [0.4, 0.5) is 0 Å². The van der Waals surface area contributed by atoms with Gasteiger partial charge in [-0.25, -0.2) is 0 Å². The van der Waals surface area contributed by atoms with Crippen molar-refractivity contribution in [2.45, 2.75) is 13.8 Å². The summed E-state index contributed by atoms with van der Waals surface area (Å²) >= 11 is 0. The van der Waals surface area contributed by atoms with Gasteiger partial charge in [0.25, 0.3) is 0 Å². The monoisotopic (exact) mass is 236 g/mol. The van der Waals surface area contributed by atoms with E-state index in [2.05, 4.69) is 50.2 Å². The maximum absolute atomic E-state index is 5.17. The van der Waals surface area contributed by atoms with Crippen molar-refractivity contribution < 1.29 is 9.15 Å². The van der Waals surface area contributed by atoms with Crippen LogP contribution in [0.1, 0.15) is 11.1 Å². The van der Waals surface area contributed by atoms with Gasteiger partial charge in [-0.05, 0) is 47.7 Å². The molecule has 1 heterocycles. The number of fused-ring (bicyclic) bond motifs is 4. The molecule has 0 atom stereocenters. The molecule has 2 heteroatoms. The smallest absolute Gasteiger partial charge is 0.233 e. The molecule has 0 amide bonds. The highest BCUT2D eigenvalue weighted by atomic mass is 17.0. The third-order valence-corrected chi connectivity index (χ3v) is 3.85. The lowest BCUT2D eigenvalue weighted by Crippen LogP contribution is -1.90. The average Bonchev–Trinajstić information content (AvgIpc) is 2.34. The Kier molecular flexibility index (Phi) is 1.72. The molecule has 4 rings (SSSR count). The van der Waals surface area contributed by atoms with Crippen LogP contribution < -0.4 is 0 Å². The molecule has 0 spiro atoms. The Bertz CT molecular complexity index is 894. The van der Waals surface area contributed by atoms with E-state index in [9.17, 15) is 0 Å². The average molecular weight is 236 g/mol. The molecule has 0 aliphatic rings. The molecular formula is C16H12O2. The molecule has 4 aromatic rings. The summed E-state index contributed by atoms with van der Waals surface area (Å²) in [5.74, 6) is 0. The summed E-state index contributed by atoms with van der Waals surface area (Å²) in [5, 5.41) is 4.87. The number of rotatable bonds is 0. The number of hydrogen-bond acceptors (Lipinski definition) is 2. The van der Waals surface area contributed by atoms with Crippen LogP contribution in [0.3, 0.4) is 0 Å². The molecular weight excluding hydrogens is 224 g/mol. The molecule has 18 heavy (non-hydrogen) atoms. The van der Waals surface area contributed by atoms with Crippen molar-refractivity contribution >= 4 is 32.7 Å². The summed E-state index contributed by atoms with van der Waals surface area (Å²) < 4.78 is 10.3. The summed E-state index contributed by atoms with van der Waals surface area (Å²) in [6, 6.07) is 12.8. The zero-order valence-electron chi connectivity index (χ0n) is 10.3. The van der Waals surface area contributed by atoms with Crippen LogP contribution in [0, 0.1) is 13.8 Å². The molecule has 2 nitrogen and oxygen atoms in total. The first-order chi connectivity index (χ1) is 8.75. The van der Waals surface area contributed by atoms with E-state index >= 15 is 0 Å². The number of benzene rings is 3. The largest absolute Gasteiger partial charge is 0.285 e. The van der Waals surface area contributed by atoms with Crippen molar-refractivity contribution in [2.75, 3.05) is 0 Å². The Hall–Kier alpha value is -2.22. The van der Waals surface area contributed by atoms with Crippen LogP contribution in [-0.2, 0) is 0 Å². The first-order valence-electron chi connectivity index (χ1n) is 6.06. The zero-order chi connectivity index (χ0) is 12.3. The van der Waals surface area contributed by atoms with Crippen LogP contribution in [0.2, 0.25) is 0 Å². The highest BCUT2D eigenvalue weighted by Crippen LogP contribution is 2.36. The Balaban J connectivity index is 2.31. The summed E-state index contributed by atoms with van der Waals surface area (Å²) in [6.45, 7) is 4.21. The van der Waals surface area contributed by atoms with Gasteiger partial charge < -0.3 is 0 Å². The minimum atomic E-state index is 0.874. The van der Waals surface area contributed by atoms with Gasteiger partial charge in [0.15, 0.2) is 0 Å². The molecule has 0 unspecified atom stereocenters. The third kappa shape index (κ3) is 1.07. The van der Waals surface area contributed by atoms with Crippen LogP contribution >= 0.6 is 0 Å². The van der Waals surface area contributed by atoms with Crippen molar-refractivity contribution in [2.24, 2.45) is 0 Å². The van der Waals surface area contributed by atoms with Gasteiger partial charge in [0.2, 0.25) is 11.2 Å². The summed E-state index contributed by atoms with van der Waals surface area (Å²) in [4.78, 5) is 0. The Labute approximate surface area is 104 Å². The molecule has 88 valence electrons. The maximum atomic E-state index is 5.17. The van der Waals surface area contributed by atoms with E-state index in [-0.39, 0.29) is 0 Å². The molecule has 0 N–H and O–H groups in total. The Morgan fingerprint density at radius 1 is 0.722 bits per heavy atom. The molecule has 3 aromatic carbocycles. The van der Waals surface area contributed by atoms with Gasteiger partial charge in [0.05, 0.1) is 0 Å². The van der Waals surface area contributed by atoms with Gasteiger partial charge >= 0.3 is 0 Å². The van der Waals surface area contributed by atoms with Crippen molar-refractivity contribution in [1.82, 2.24) is 0 Å². The Morgan fingerprint density at radius 2 is 1.33 bits per heavy atom. The van der Waals surface area contributed by atoms with Crippen LogP contribution in [0.15, 0.2) is 45.6 Å². The lowest BCUT2D eigenvalue weighted by Gasteiger charge is -2.11. The summed E-state index contributed by atoms with van der Waals surface area (Å²) in [5.41, 5.74) is 4.19. The fraction of sp³-hybridized carbons (Fsp3) is 0.125. The molecule has 0 aliphatic heterocycles. The second-order valence-electron chi connectivity index (χ2n) is 4.82. The van der Waals surface area contributed by atoms with Gasteiger partial charge in [-0.15, -0.1) is 0 Å². The molecule has 0 radical (unpaired) electrons. The van der Waals surface area contributed by atoms with Gasteiger partial charge in [0.1, 0.15) is 0 Å². The van der Waals surface area contributed by atoms with E-state index in [1.807, 2.05) is 0 Å². The van der Waals surface area contributed by atoms with Crippen LogP contribution in [0.25, 0.3) is 32.7 Å². The molecule has 1 aromatic heterocycles. The van der Waals surface area contributed by atoms with Gasteiger partial charge in [0, 0.05) is 10.9 Å². The molecule has 0 fully saturated rings. The first kappa shape index (κ1) is 9.77. The summed E-state index contributed by atoms with van der Waals surface area (Å²) in [7, 11) is 0. The highest BCUT2D eigenvalue weighted by molar-refractivity contribution is 6.11. The van der Waals surface area contributed by atoms with E-state index in [4.69, 9.17) is 9.15 Å². The first-order valence-corrected chi connectivity index (χ1v) is 6.06. The molecule has 0 aliphatic carbocycles. The van der Waals surface area contributed by atoms with Crippen molar-refractivity contribution in [3.8, 4) is 0 Å². The highest BCUT2D eigenvalue weighted by Gasteiger charge is 2.16. The normalized spacial score (nSPS) is 11.9. The van der Waals surface area contributed by atoms with E-state index in [1.54, 1.807) is 0 Å². The predicted molar refractivity (Wildman–Crippen MR) is 73.0 cm³/mol. The van der Waals surface area contributed by atoms with Gasteiger partial charge in [-0.2, -0.15) is 0 Å². The quantitative estimate of drug-likeness (QED) is 0.319. The Morgan fingerprint density at radius 3 is 1.94 bits per heavy atom. The van der Waals surface area contributed by atoms with Crippen LogP contribution in [-0.4, -0.2) is 0 Å². The molecule has 0 bridgehead atoms. The lowest BCUT2D eigenvalue weighted by atomic mass is 9.96. The lowest BCUT2D eigenvalue weighted by molar-refractivity contribution is 0.0597. The zero-order valence-corrected chi connectivity index (χ0v) is 10.3. The van der Waals surface area contributed by atoms with E-state index in [0.29, 0.717) is 0 Å². The minimum absolute atomic E-state index is 0.874. The minimum Gasteiger partial charge on any atom is -0.285 e. The topological polar surface area (TPSA) is 26.3 Å². The number of hydrogen-bond donors (Lipinski definition) is 0. The standard InChI is InChI=1S/C16H12O2/c1-9-10(2)15-16(18-17-15)14-8-12-6-4-3-5-11(12)7-13(9)14/h3-8H,1-2H3. The maximum Gasteiger partial charge on any atom is 0.233 e. The fourth-order valence-electron chi connectivity index (χ4n) is 2.64. The summed E-state index contributed by atoms with van der Waals surface area (Å²) in [6.07, 6.45) is 0. The SMILES string of the molecule is Cc1c(C)c2ooc2c2cc3ccccc3cc12. The van der Waals surface area contributed by atoms with Gasteiger partial charge in [-0.1, -0.05) is 24.3 Å². The van der Waals surface area contributed by atoms with E-state index in [0.717, 1.165) is 16.6 Å². The second-order valence-corrected chi connectivity index (χ2v) is 4.82. The predicted octanol–water partition coefficient (Wildman–Crippen LogP) is 4.95. The molecule has 0 saturated carbocycles. The van der Waals surface area contributed by atoms with Crippen molar-refractivity contribution in [1.29, 1.82) is 0 Å². The van der Waals surface area contributed by atoms with Crippen LogP contribution in [0.5, 0.6) is 0 Å². The van der Waals surface area contributed by atoms with E-state index < -0.39 is 0 Å². The van der Waals surface area contributed by atoms with E-state index in [1.165, 1.54) is 27.3 Å². The van der Waals surface area contributed by atoms with Crippen molar-refractivity contribution in [3.63, 3.8) is 0 Å². The third-order valence-electron chi connectivity index (χ3n) is 3.85. The fourth-order valence-corrected chi connectivity index (χ4v) is 2.64. The van der Waals surface area contributed by atoms with Gasteiger partial charge in [-0.3, -0.25) is 9.15 Å². The van der Waals surface area contributed by atoms with Crippen molar-refractivity contribution in [3.05, 3.63) is 47.5 Å². The molecule has 0 saturated heterocycles. The number of aryl methyl sites for hydroxylation is 2. The second kappa shape index (κ2) is 3.16.